The summed E-state index contributed by atoms with van der Waals surface area (Å²) < 4.78 is 45.9. The lowest BCUT2D eigenvalue weighted by molar-refractivity contribution is 0.353. The van der Waals surface area contributed by atoms with Crippen LogP contribution in [0.2, 0.25) is 0 Å². The van der Waals surface area contributed by atoms with Gasteiger partial charge in [0.05, 0.1) is 56.9 Å². The SMILES string of the molecule is COc1cc2c(cc1OC)=c1cc(OC)c(OC)c/c1=c1\cc(OC)c(OC)c\c1=c1/cc(OC)c(OC)cc1=2. The summed E-state index contributed by atoms with van der Waals surface area (Å²) in [6.45, 7) is 0. The maximum Gasteiger partial charge on any atom is 0.161 e. The first-order chi connectivity index (χ1) is 19.5. The lowest BCUT2D eigenvalue weighted by Gasteiger charge is -2.14. The highest BCUT2D eigenvalue weighted by Crippen LogP contribution is 2.35. The fourth-order valence-electron chi connectivity index (χ4n) is 5.30. The summed E-state index contributed by atoms with van der Waals surface area (Å²) in [5.41, 5.74) is 0. The van der Waals surface area contributed by atoms with E-state index in [1.165, 1.54) is 0 Å². The molecule has 0 N–H and O–H groups in total. The first-order valence-electron chi connectivity index (χ1n) is 12.5. The summed E-state index contributed by atoms with van der Waals surface area (Å²) in [5.74, 6) is 4.76. The number of rotatable bonds is 8. The Kier molecular flexibility index (Phi) is 7.26. The van der Waals surface area contributed by atoms with E-state index in [1.54, 1.807) is 56.9 Å². The van der Waals surface area contributed by atoms with Gasteiger partial charge in [0.15, 0.2) is 46.0 Å². The van der Waals surface area contributed by atoms with Gasteiger partial charge in [0.25, 0.3) is 0 Å². The zero-order chi connectivity index (χ0) is 28.6. The van der Waals surface area contributed by atoms with Crippen molar-refractivity contribution in [3.63, 3.8) is 0 Å². The Morgan fingerprint density at radius 3 is 0.400 bits per heavy atom. The van der Waals surface area contributed by atoms with Gasteiger partial charge in [0, 0.05) is 0 Å². The molecule has 5 rings (SSSR count). The highest BCUT2D eigenvalue weighted by molar-refractivity contribution is 5.51. The van der Waals surface area contributed by atoms with Crippen molar-refractivity contribution < 1.29 is 37.9 Å². The van der Waals surface area contributed by atoms with Crippen molar-refractivity contribution in [2.75, 3.05) is 56.9 Å². The second-order valence-corrected chi connectivity index (χ2v) is 9.01. The molecule has 0 aromatic heterocycles. The first kappa shape index (κ1) is 26.9. The van der Waals surface area contributed by atoms with Crippen molar-refractivity contribution >= 4 is 0 Å². The molecular formula is C32H32O8. The van der Waals surface area contributed by atoms with Gasteiger partial charge in [0.1, 0.15) is 0 Å². The minimum absolute atomic E-state index is 0.595. The molecule has 0 spiro atoms. The molecule has 0 fully saturated rings. The van der Waals surface area contributed by atoms with Crippen LogP contribution in [0.5, 0.6) is 46.0 Å². The number of ether oxygens (including phenoxy) is 8. The van der Waals surface area contributed by atoms with Gasteiger partial charge in [-0.15, -0.1) is 0 Å². The molecule has 4 aromatic rings. The molecule has 1 aliphatic carbocycles. The third-order valence-corrected chi connectivity index (χ3v) is 7.26. The Labute approximate surface area is 231 Å². The van der Waals surface area contributed by atoms with Gasteiger partial charge in [-0.1, -0.05) is 0 Å². The smallest absolute Gasteiger partial charge is 0.161 e. The molecule has 0 atom stereocenters. The summed E-state index contributed by atoms with van der Waals surface area (Å²) in [4.78, 5) is 0. The first-order valence-corrected chi connectivity index (χ1v) is 12.5. The summed E-state index contributed by atoms with van der Waals surface area (Å²) in [5, 5.41) is 7.24. The maximum atomic E-state index is 5.73. The van der Waals surface area contributed by atoms with Crippen molar-refractivity contribution in [3.8, 4) is 46.0 Å². The molecule has 208 valence electrons. The van der Waals surface area contributed by atoms with Crippen LogP contribution in [0.25, 0.3) is 0 Å². The van der Waals surface area contributed by atoms with Crippen LogP contribution in [0.3, 0.4) is 0 Å². The minimum Gasteiger partial charge on any atom is -0.493 e. The van der Waals surface area contributed by atoms with Crippen LogP contribution in [0.15, 0.2) is 48.5 Å². The Bertz CT molecular complexity index is 1520. The third-order valence-electron chi connectivity index (χ3n) is 7.26. The maximum absolute atomic E-state index is 5.73. The van der Waals surface area contributed by atoms with E-state index in [-0.39, 0.29) is 0 Å². The van der Waals surface area contributed by atoms with Gasteiger partial charge in [0.2, 0.25) is 0 Å². The van der Waals surface area contributed by atoms with E-state index >= 15 is 0 Å². The normalized spacial score (nSPS) is 12.8. The van der Waals surface area contributed by atoms with Crippen molar-refractivity contribution in [3.05, 3.63) is 90.3 Å². The van der Waals surface area contributed by atoms with Crippen LogP contribution >= 0.6 is 0 Å². The summed E-state index contributed by atoms with van der Waals surface area (Å²) in [6.07, 6.45) is 0. The minimum atomic E-state index is 0.595. The Morgan fingerprint density at radius 1 is 0.225 bits per heavy atom. The van der Waals surface area contributed by atoms with Crippen LogP contribution in [-0.4, -0.2) is 56.9 Å². The molecule has 0 aliphatic heterocycles. The van der Waals surface area contributed by atoms with Gasteiger partial charge < -0.3 is 37.9 Å². The van der Waals surface area contributed by atoms with Crippen molar-refractivity contribution in [1.82, 2.24) is 0 Å². The van der Waals surface area contributed by atoms with Crippen molar-refractivity contribution in [1.29, 1.82) is 0 Å². The summed E-state index contributed by atoms with van der Waals surface area (Å²) in [7, 11) is 13.0. The highest BCUT2D eigenvalue weighted by Gasteiger charge is 2.14. The van der Waals surface area contributed by atoms with E-state index in [0.717, 1.165) is 41.7 Å². The number of benzene rings is 4. The molecule has 1 aliphatic rings. The molecule has 0 saturated heterocycles. The fourth-order valence-corrected chi connectivity index (χ4v) is 5.30. The van der Waals surface area contributed by atoms with E-state index in [4.69, 9.17) is 37.9 Å². The van der Waals surface area contributed by atoms with Crippen molar-refractivity contribution in [2.45, 2.75) is 0 Å². The second-order valence-electron chi connectivity index (χ2n) is 9.01. The van der Waals surface area contributed by atoms with Crippen LogP contribution in [0, 0.1) is 41.7 Å². The second kappa shape index (κ2) is 10.8. The predicted molar refractivity (Wildman–Crippen MR) is 149 cm³/mol. The van der Waals surface area contributed by atoms with E-state index in [1.807, 2.05) is 48.5 Å². The molecule has 0 amide bonds. The largest absolute Gasteiger partial charge is 0.493 e. The van der Waals surface area contributed by atoms with Gasteiger partial charge in [-0.2, -0.15) is 0 Å². The Hall–Kier alpha value is -4.72. The van der Waals surface area contributed by atoms with Gasteiger partial charge in [-0.25, -0.2) is 0 Å². The monoisotopic (exact) mass is 544 g/mol. The number of fused-ring (bicyclic) bond motifs is 4. The number of hydrogen-bond acceptors (Lipinski definition) is 8. The molecule has 8 nitrogen and oxygen atoms in total. The number of methoxy groups -OCH3 is 8. The summed E-state index contributed by atoms with van der Waals surface area (Å²) in [6, 6.07) is 15.8. The molecule has 0 saturated carbocycles. The Balaban J connectivity index is 2.36. The zero-order valence-corrected chi connectivity index (χ0v) is 23.9. The topological polar surface area (TPSA) is 73.8 Å². The molecule has 0 radical (unpaired) electrons. The zero-order valence-electron chi connectivity index (χ0n) is 23.9. The van der Waals surface area contributed by atoms with E-state index in [9.17, 15) is 0 Å². The lowest BCUT2D eigenvalue weighted by atomic mass is 10.00. The van der Waals surface area contributed by atoms with Gasteiger partial charge in [-0.3, -0.25) is 0 Å². The average molecular weight is 545 g/mol. The van der Waals surface area contributed by atoms with Crippen LogP contribution in [0.1, 0.15) is 0 Å². The van der Waals surface area contributed by atoms with Crippen LogP contribution in [0.4, 0.5) is 0 Å². The van der Waals surface area contributed by atoms with Gasteiger partial charge >= 0.3 is 0 Å². The third kappa shape index (κ3) is 4.16. The average Bonchev–Trinajstić information content (AvgIpc) is 3.01. The predicted octanol–water partition coefficient (Wildman–Crippen LogP) is 5.22. The molecule has 8 heteroatoms. The molecule has 4 aromatic carbocycles. The fraction of sp³-hybridized carbons (Fsp3) is 0.250. The standard InChI is InChI=1S/C32H32O8/c1-33-25-9-17-18(10-26(25)34-2)20-12-28(36-4)30(38-6)14-22(20)24-16-32(40-8)31(39-7)15-23(24)21-13-29(37-5)27(35-3)11-19(17)21/h9-16H,1-8H3/b19-17-,20-18-,23-21?,24-22?. The van der Waals surface area contributed by atoms with E-state index in [2.05, 4.69) is 0 Å². The number of hydrogen-bond donors (Lipinski definition) is 0. The lowest BCUT2D eigenvalue weighted by Crippen LogP contribution is -1.99. The molecule has 40 heavy (non-hydrogen) atoms. The Morgan fingerprint density at radius 2 is 0.325 bits per heavy atom. The molecule has 0 bridgehead atoms. The molecular weight excluding hydrogens is 512 g/mol. The van der Waals surface area contributed by atoms with Crippen molar-refractivity contribution in [2.24, 2.45) is 0 Å². The molecule has 0 heterocycles. The quantitative estimate of drug-likeness (QED) is 0.263. The van der Waals surface area contributed by atoms with Crippen LogP contribution in [-0.2, 0) is 0 Å². The van der Waals surface area contributed by atoms with E-state index in [0.29, 0.717) is 46.0 Å². The van der Waals surface area contributed by atoms with Crippen LogP contribution < -0.4 is 37.9 Å². The highest BCUT2D eigenvalue weighted by atomic mass is 16.5. The molecule has 0 unspecified atom stereocenters. The van der Waals surface area contributed by atoms with E-state index < -0.39 is 0 Å². The van der Waals surface area contributed by atoms with Gasteiger partial charge in [-0.05, 0) is 90.3 Å². The summed E-state index contributed by atoms with van der Waals surface area (Å²) >= 11 is 0.